The summed E-state index contributed by atoms with van der Waals surface area (Å²) in [7, 11) is 0. The molecule has 2 aromatic carbocycles. The van der Waals surface area contributed by atoms with Gasteiger partial charge in [0, 0.05) is 16.7 Å². The zero-order valence-corrected chi connectivity index (χ0v) is 16.7. The number of hydrogen-bond donors (Lipinski definition) is 2. The van der Waals surface area contributed by atoms with Crippen LogP contribution < -0.4 is 10.6 Å². The Morgan fingerprint density at radius 3 is 2.42 bits per heavy atom. The first-order valence-electron chi connectivity index (χ1n) is 8.58. The Hall–Kier alpha value is -1.93. The van der Waals surface area contributed by atoms with Gasteiger partial charge in [-0.1, -0.05) is 42.5 Å². The van der Waals surface area contributed by atoms with Crippen molar-refractivity contribution in [3.05, 3.63) is 69.3 Å². The lowest BCUT2D eigenvalue weighted by Crippen LogP contribution is -2.37. The average molecular weight is 466 g/mol. The first-order chi connectivity index (χ1) is 12.7. The molecule has 0 aliphatic carbocycles. The molecule has 5 nitrogen and oxygen atoms in total. The summed E-state index contributed by atoms with van der Waals surface area (Å²) in [6.07, 6.45) is 1.63. The summed E-state index contributed by atoms with van der Waals surface area (Å²) in [5.41, 5.74) is 1.83. The summed E-state index contributed by atoms with van der Waals surface area (Å²) >= 11 is 2.10. The molecule has 2 amide bonds. The van der Waals surface area contributed by atoms with Crippen molar-refractivity contribution in [2.75, 3.05) is 26.3 Å². The molecule has 2 aromatic rings. The van der Waals surface area contributed by atoms with Gasteiger partial charge >= 0.3 is 0 Å². The number of carbonyl (C=O) groups excluding carboxylic acids is 2. The van der Waals surface area contributed by atoms with Gasteiger partial charge in [0.2, 0.25) is 5.91 Å². The molecule has 0 aliphatic heterocycles. The van der Waals surface area contributed by atoms with Crippen molar-refractivity contribution in [3.63, 3.8) is 0 Å². The highest BCUT2D eigenvalue weighted by Crippen LogP contribution is 2.10. The van der Waals surface area contributed by atoms with Crippen molar-refractivity contribution in [2.24, 2.45) is 0 Å². The van der Waals surface area contributed by atoms with Gasteiger partial charge < -0.3 is 15.4 Å². The summed E-state index contributed by atoms with van der Waals surface area (Å²) in [4.78, 5) is 23.8. The molecule has 0 aliphatic rings. The fraction of sp³-hybridized carbons (Fsp3) is 0.300. The predicted octanol–water partition coefficient (Wildman–Crippen LogP) is 2.79. The van der Waals surface area contributed by atoms with E-state index in [0.29, 0.717) is 25.3 Å². The molecule has 0 atom stereocenters. The fourth-order valence-corrected chi connectivity index (χ4v) is 2.93. The monoisotopic (exact) mass is 466 g/mol. The van der Waals surface area contributed by atoms with E-state index < -0.39 is 0 Å². The molecular formula is C20H23IN2O3. The third-order valence-electron chi connectivity index (χ3n) is 3.69. The number of carbonyl (C=O) groups is 2. The van der Waals surface area contributed by atoms with E-state index in [-0.39, 0.29) is 18.4 Å². The molecular weight excluding hydrogens is 443 g/mol. The molecule has 0 spiro atoms. The molecule has 26 heavy (non-hydrogen) atoms. The molecule has 0 radical (unpaired) electrons. The first kappa shape index (κ1) is 20.4. The van der Waals surface area contributed by atoms with Gasteiger partial charge in [-0.2, -0.15) is 0 Å². The van der Waals surface area contributed by atoms with Gasteiger partial charge in [0.25, 0.3) is 5.91 Å². The first-order valence-corrected chi connectivity index (χ1v) is 9.66. The molecule has 0 saturated heterocycles. The van der Waals surface area contributed by atoms with Crippen molar-refractivity contribution in [1.82, 2.24) is 10.6 Å². The van der Waals surface area contributed by atoms with Crippen LogP contribution in [0.1, 0.15) is 22.3 Å². The van der Waals surface area contributed by atoms with Gasteiger partial charge in [-0.05, 0) is 53.1 Å². The molecule has 0 saturated carbocycles. The Morgan fingerprint density at radius 2 is 1.65 bits per heavy atom. The maximum absolute atomic E-state index is 12.0. The van der Waals surface area contributed by atoms with Gasteiger partial charge in [0.05, 0.1) is 18.7 Å². The number of rotatable bonds is 10. The van der Waals surface area contributed by atoms with E-state index >= 15 is 0 Å². The maximum atomic E-state index is 12.0. The number of nitrogens with one attached hydrogen (secondary N) is 2. The molecule has 6 heteroatoms. The van der Waals surface area contributed by atoms with Gasteiger partial charge in [-0.3, -0.25) is 9.59 Å². The summed E-state index contributed by atoms with van der Waals surface area (Å²) in [5, 5.41) is 5.41. The summed E-state index contributed by atoms with van der Waals surface area (Å²) in [6.45, 7) is 1.77. The predicted molar refractivity (Wildman–Crippen MR) is 110 cm³/mol. The molecule has 0 bridgehead atoms. The largest absolute Gasteiger partial charge is 0.381 e. The smallest absolute Gasteiger partial charge is 0.252 e. The highest BCUT2D eigenvalue weighted by molar-refractivity contribution is 14.1. The zero-order chi connectivity index (χ0) is 18.6. The van der Waals surface area contributed by atoms with Crippen LogP contribution in [0.3, 0.4) is 0 Å². The van der Waals surface area contributed by atoms with E-state index in [2.05, 4.69) is 45.4 Å². The van der Waals surface area contributed by atoms with Crippen LogP contribution in [0.25, 0.3) is 0 Å². The number of halogens is 1. The summed E-state index contributed by atoms with van der Waals surface area (Å²) in [5.74, 6) is -0.442. The zero-order valence-electron chi connectivity index (χ0n) is 14.5. The molecule has 0 fully saturated rings. The van der Waals surface area contributed by atoms with Crippen molar-refractivity contribution >= 4 is 34.4 Å². The lowest BCUT2D eigenvalue weighted by atomic mass is 10.2. The van der Waals surface area contributed by atoms with Crippen LogP contribution in [-0.2, 0) is 16.0 Å². The van der Waals surface area contributed by atoms with E-state index in [1.165, 1.54) is 5.56 Å². The van der Waals surface area contributed by atoms with Gasteiger partial charge in [-0.25, -0.2) is 0 Å². The van der Waals surface area contributed by atoms with E-state index in [9.17, 15) is 9.59 Å². The molecule has 0 aromatic heterocycles. The molecule has 138 valence electrons. The highest BCUT2D eigenvalue weighted by atomic mass is 127. The third-order valence-corrected chi connectivity index (χ3v) is 4.63. The Balaban J connectivity index is 1.51. The number of benzene rings is 2. The minimum atomic E-state index is -0.241. The second-order valence-corrected chi connectivity index (χ2v) is 6.88. The van der Waals surface area contributed by atoms with Gasteiger partial charge in [0.15, 0.2) is 0 Å². The van der Waals surface area contributed by atoms with E-state index in [4.69, 9.17) is 4.74 Å². The van der Waals surface area contributed by atoms with Crippen molar-refractivity contribution in [1.29, 1.82) is 0 Å². The number of ether oxygens (including phenoxy) is 1. The van der Waals surface area contributed by atoms with Crippen LogP contribution in [0.4, 0.5) is 0 Å². The molecule has 2 N–H and O–H groups in total. The van der Waals surface area contributed by atoms with Crippen molar-refractivity contribution in [3.8, 4) is 0 Å². The van der Waals surface area contributed by atoms with Crippen LogP contribution in [0, 0.1) is 3.57 Å². The number of hydrogen-bond acceptors (Lipinski definition) is 3. The molecule has 0 unspecified atom stereocenters. The normalized spacial score (nSPS) is 10.3. The number of amides is 2. The van der Waals surface area contributed by atoms with Crippen LogP contribution in [0.15, 0.2) is 54.6 Å². The van der Waals surface area contributed by atoms with Crippen LogP contribution in [0.5, 0.6) is 0 Å². The summed E-state index contributed by atoms with van der Waals surface area (Å²) < 4.78 is 6.42. The van der Waals surface area contributed by atoms with Crippen molar-refractivity contribution < 1.29 is 14.3 Å². The second-order valence-electron chi connectivity index (χ2n) is 5.71. The second kappa shape index (κ2) is 11.6. The van der Waals surface area contributed by atoms with Gasteiger partial charge in [0.1, 0.15) is 0 Å². The van der Waals surface area contributed by atoms with Gasteiger partial charge in [-0.15, -0.1) is 0 Å². The maximum Gasteiger partial charge on any atom is 0.252 e. The third kappa shape index (κ3) is 7.53. The van der Waals surface area contributed by atoms with E-state index in [1.807, 2.05) is 30.3 Å². The lowest BCUT2D eigenvalue weighted by Gasteiger charge is -2.08. The standard InChI is InChI=1S/C20H23IN2O3/c21-18-10-5-4-9-17(18)20(25)23-15-19(24)22-12-6-13-26-14-11-16-7-2-1-3-8-16/h1-5,7-10H,6,11-15H2,(H,22,24)(H,23,25). The Morgan fingerprint density at radius 1 is 0.923 bits per heavy atom. The SMILES string of the molecule is O=C(CNC(=O)c1ccccc1I)NCCCOCCc1ccccc1. The Kier molecular flexibility index (Phi) is 9.13. The van der Waals surface area contributed by atoms with Crippen LogP contribution in [0.2, 0.25) is 0 Å². The minimum absolute atomic E-state index is 0.0291. The van der Waals surface area contributed by atoms with Crippen LogP contribution >= 0.6 is 22.6 Å². The average Bonchev–Trinajstić information content (AvgIpc) is 2.66. The minimum Gasteiger partial charge on any atom is -0.381 e. The quantitative estimate of drug-likeness (QED) is 0.418. The van der Waals surface area contributed by atoms with E-state index in [0.717, 1.165) is 16.4 Å². The Bertz CT molecular complexity index is 707. The molecule has 2 rings (SSSR count). The Labute approximate surface area is 167 Å². The summed E-state index contributed by atoms with van der Waals surface area (Å²) in [6, 6.07) is 17.4. The lowest BCUT2D eigenvalue weighted by molar-refractivity contribution is -0.120. The molecule has 0 heterocycles. The van der Waals surface area contributed by atoms with Crippen LogP contribution in [-0.4, -0.2) is 38.1 Å². The van der Waals surface area contributed by atoms with E-state index in [1.54, 1.807) is 12.1 Å². The fourth-order valence-electron chi connectivity index (χ4n) is 2.30. The highest BCUT2D eigenvalue weighted by Gasteiger charge is 2.10. The topological polar surface area (TPSA) is 67.4 Å². The van der Waals surface area contributed by atoms with Crippen molar-refractivity contribution in [2.45, 2.75) is 12.8 Å².